The largest absolute Gasteiger partial charge is 0.492 e. The Hall–Kier alpha value is -2.63. The standard InChI is InChI=1S/C14H13FN2O3/c1-2-20-12-7-10(15)4-5-11(12)17-14(19)9-3-6-13(18)16-8-9/h3-8H,2H2,1H3,(H,16,18)(H,17,19). The molecule has 0 aliphatic rings. The van der Waals surface area contributed by atoms with Crippen LogP contribution in [0.15, 0.2) is 41.3 Å². The van der Waals surface area contributed by atoms with E-state index in [2.05, 4.69) is 10.3 Å². The van der Waals surface area contributed by atoms with E-state index in [0.717, 1.165) is 0 Å². The van der Waals surface area contributed by atoms with E-state index in [4.69, 9.17) is 4.74 Å². The molecule has 104 valence electrons. The maximum absolute atomic E-state index is 13.1. The summed E-state index contributed by atoms with van der Waals surface area (Å²) in [6.45, 7) is 2.11. The fraction of sp³-hybridized carbons (Fsp3) is 0.143. The first-order chi connectivity index (χ1) is 9.60. The van der Waals surface area contributed by atoms with Gasteiger partial charge in [-0.1, -0.05) is 0 Å². The van der Waals surface area contributed by atoms with E-state index >= 15 is 0 Å². The Balaban J connectivity index is 2.23. The predicted molar refractivity (Wildman–Crippen MR) is 72.6 cm³/mol. The molecular weight excluding hydrogens is 263 g/mol. The third-order valence-corrected chi connectivity index (χ3v) is 2.54. The molecule has 0 aliphatic carbocycles. The summed E-state index contributed by atoms with van der Waals surface area (Å²) in [6.07, 6.45) is 1.31. The summed E-state index contributed by atoms with van der Waals surface area (Å²) in [4.78, 5) is 25.3. The molecule has 0 atom stereocenters. The molecule has 20 heavy (non-hydrogen) atoms. The Morgan fingerprint density at radius 2 is 2.15 bits per heavy atom. The van der Waals surface area contributed by atoms with Crippen molar-refractivity contribution in [1.29, 1.82) is 0 Å². The van der Waals surface area contributed by atoms with Crippen LogP contribution in [0.3, 0.4) is 0 Å². The van der Waals surface area contributed by atoms with Gasteiger partial charge in [0, 0.05) is 18.3 Å². The van der Waals surface area contributed by atoms with Gasteiger partial charge in [-0.15, -0.1) is 0 Å². The summed E-state index contributed by atoms with van der Waals surface area (Å²) in [5.74, 6) is -0.616. The molecule has 2 aromatic rings. The van der Waals surface area contributed by atoms with E-state index in [0.29, 0.717) is 12.3 Å². The van der Waals surface area contributed by atoms with E-state index < -0.39 is 11.7 Å². The molecule has 1 amide bonds. The molecule has 5 nitrogen and oxygen atoms in total. The lowest BCUT2D eigenvalue weighted by Gasteiger charge is -2.11. The molecule has 0 unspecified atom stereocenters. The van der Waals surface area contributed by atoms with E-state index in [9.17, 15) is 14.0 Å². The summed E-state index contributed by atoms with van der Waals surface area (Å²) in [5, 5.41) is 2.61. The minimum atomic E-state index is -0.449. The maximum atomic E-state index is 13.1. The van der Waals surface area contributed by atoms with Crippen molar-refractivity contribution in [3.8, 4) is 5.75 Å². The number of hydrogen-bond donors (Lipinski definition) is 2. The zero-order valence-electron chi connectivity index (χ0n) is 10.8. The molecule has 0 saturated carbocycles. The van der Waals surface area contributed by atoms with Crippen LogP contribution in [0.1, 0.15) is 17.3 Å². The predicted octanol–water partition coefficient (Wildman–Crippen LogP) is 2.17. The van der Waals surface area contributed by atoms with E-state index in [-0.39, 0.29) is 16.9 Å². The van der Waals surface area contributed by atoms with Crippen molar-refractivity contribution in [2.45, 2.75) is 6.92 Å². The summed E-state index contributed by atoms with van der Waals surface area (Å²) in [7, 11) is 0. The lowest BCUT2D eigenvalue weighted by Crippen LogP contribution is -2.15. The number of halogens is 1. The van der Waals surface area contributed by atoms with E-state index in [1.54, 1.807) is 6.92 Å². The number of aromatic amines is 1. The van der Waals surface area contributed by atoms with Crippen molar-refractivity contribution in [1.82, 2.24) is 4.98 Å². The quantitative estimate of drug-likeness (QED) is 0.899. The average molecular weight is 276 g/mol. The fourth-order valence-electron chi connectivity index (χ4n) is 1.62. The Morgan fingerprint density at radius 1 is 1.35 bits per heavy atom. The van der Waals surface area contributed by atoms with Crippen LogP contribution in [-0.4, -0.2) is 17.5 Å². The molecule has 2 rings (SSSR count). The van der Waals surface area contributed by atoms with Crippen molar-refractivity contribution in [3.05, 3.63) is 58.3 Å². The summed E-state index contributed by atoms with van der Waals surface area (Å²) in [6, 6.07) is 6.50. The Kier molecular flexibility index (Phi) is 4.14. The van der Waals surface area contributed by atoms with Gasteiger partial charge in [-0.3, -0.25) is 9.59 Å². The molecule has 0 fully saturated rings. The second-order valence-electron chi connectivity index (χ2n) is 3.97. The number of carbonyl (C=O) groups excluding carboxylic acids is 1. The van der Waals surface area contributed by atoms with Gasteiger partial charge >= 0.3 is 0 Å². The van der Waals surface area contributed by atoms with Crippen LogP contribution in [0.2, 0.25) is 0 Å². The molecule has 0 radical (unpaired) electrons. The van der Waals surface area contributed by atoms with Crippen molar-refractivity contribution in [2.75, 3.05) is 11.9 Å². The van der Waals surface area contributed by atoms with Crippen LogP contribution < -0.4 is 15.6 Å². The van der Waals surface area contributed by atoms with Crippen LogP contribution in [0, 0.1) is 5.82 Å². The monoisotopic (exact) mass is 276 g/mol. The lowest BCUT2D eigenvalue weighted by atomic mass is 10.2. The Labute approximate surface area is 114 Å². The number of anilines is 1. The molecule has 1 aromatic heterocycles. The number of H-pyrrole nitrogens is 1. The molecule has 2 N–H and O–H groups in total. The van der Waals surface area contributed by atoms with Crippen molar-refractivity contribution < 1.29 is 13.9 Å². The number of amides is 1. The number of carbonyl (C=O) groups is 1. The number of pyridine rings is 1. The number of benzene rings is 1. The van der Waals surface area contributed by atoms with Crippen LogP contribution in [0.25, 0.3) is 0 Å². The molecular formula is C14H13FN2O3. The average Bonchev–Trinajstić information content (AvgIpc) is 2.43. The van der Waals surface area contributed by atoms with Gasteiger partial charge in [-0.05, 0) is 25.1 Å². The molecule has 0 aliphatic heterocycles. The van der Waals surface area contributed by atoms with Gasteiger partial charge in [-0.2, -0.15) is 0 Å². The first kappa shape index (κ1) is 13.8. The van der Waals surface area contributed by atoms with Crippen molar-refractivity contribution >= 4 is 11.6 Å². The van der Waals surface area contributed by atoms with Gasteiger partial charge < -0.3 is 15.0 Å². The maximum Gasteiger partial charge on any atom is 0.257 e. The summed E-state index contributed by atoms with van der Waals surface area (Å²) in [5.41, 5.74) is 0.360. The van der Waals surface area contributed by atoms with Gasteiger partial charge in [0.25, 0.3) is 5.91 Å². The number of nitrogens with one attached hydrogen (secondary N) is 2. The zero-order valence-corrected chi connectivity index (χ0v) is 10.8. The second-order valence-corrected chi connectivity index (χ2v) is 3.97. The van der Waals surface area contributed by atoms with E-state index in [1.807, 2.05) is 0 Å². The third-order valence-electron chi connectivity index (χ3n) is 2.54. The number of ether oxygens (including phenoxy) is 1. The number of hydrogen-bond acceptors (Lipinski definition) is 3. The highest BCUT2D eigenvalue weighted by atomic mass is 19.1. The normalized spacial score (nSPS) is 10.1. The van der Waals surface area contributed by atoms with Crippen LogP contribution >= 0.6 is 0 Å². The van der Waals surface area contributed by atoms with Gasteiger partial charge in [0.05, 0.1) is 17.9 Å². The molecule has 6 heteroatoms. The Morgan fingerprint density at radius 3 is 2.80 bits per heavy atom. The van der Waals surface area contributed by atoms with Gasteiger partial charge in [0.15, 0.2) is 0 Å². The minimum Gasteiger partial charge on any atom is -0.492 e. The SMILES string of the molecule is CCOc1cc(F)ccc1NC(=O)c1ccc(=O)[nH]c1. The number of rotatable bonds is 4. The van der Waals surface area contributed by atoms with Gasteiger partial charge in [0.2, 0.25) is 5.56 Å². The first-order valence-corrected chi connectivity index (χ1v) is 6.02. The molecule has 1 heterocycles. The molecule has 1 aromatic carbocycles. The summed E-state index contributed by atoms with van der Waals surface area (Å²) >= 11 is 0. The van der Waals surface area contributed by atoms with Crippen molar-refractivity contribution in [3.63, 3.8) is 0 Å². The van der Waals surface area contributed by atoms with Crippen molar-refractivity contribution in [2.24, 2.45) is 0 Å². The fourth-order valence-corrected chi connectivity index (χ4v) is 1.62. The van der Waals surface area contributed by atoms with Crippen LogP contribution in [-0.2, 0) is 0 Å². The highest BCUT2D eigenvalue weighted by molar-refractivity contribution is 6.04. The van der Waals surface area contributed by atoms with Gasteiger partial charge in [-0.25, -0.2) is 4.39 Å². The zero-order chi connectivity index (χ0) is 14.5. The second kappa shape index (κ2) is 6.01. The van der Waals surface area contributed by atoms with Gasteiger partial charge in [0.1, 0.15) is 11.6 Å². The molecule has 0 saturated heterocycles. The first-order valence-electron chi connectivity index (χ1n) is 6.02. The molecule has 0 bridgehead atoms. The molecule has 0 spiro atoms. The Bertz CT molecular complexity index is 662. The number of aromatic nitrogens is 1. The van der Waals surface area contributed by atoms with E-state index in [1.165, 1.54) is 36.5 Å². The highest BCUT2D eigenvalue weighted by Gasteiger charge is 2.11. The minimum absolute atomic E-state index is 0.255. The smallest absolute Gasteiger partial charge is 0.257 e. The highest BCUT2D eigenvalue weighted by Crippen LogP contribution is 2.25. The topological polar surface area (TPSA) is 71.2 Å². The van der Waals surface area contributed by atoms with Crippen LogP contribution in [0.4, 0.5) is 10.1 Å². The van der Waals surface area contributed by atoms with Crippen LogP contribution in [0.5, 0.6) is 5.75 Å². The third kappa shape index (κ3) is 3.23. The lowest BCUT2D eigenvalue weighted by molar-refractivity contribution is 0.102. The summed E-state index contributed by atoms with van der Waals surface area (Å²) < 4.78 is 18.4.